The van der Waals surface area contributed by atoms with E-state index in [2.05, 4.69) is 182 Å². The number of rotatable bonds is 6. The fourth-order valence-corrected chi connectivity index (χ4v) is 8.02. The summed E-state index contributed by atoms with van der Waals surface area (Å²) in [5.41, 5.74) is 10.6. The second kappa shape index (κ2) is 12.2. The Bertz CT molecular complexity index is 2560. The van der Waals surface area contributed by atoms with E-state index < -0.39 is 0 Å². The number of hydrogen-bond donors (Lipinski definition) is 0. The van der Waals surface area contributed by atoms with Crippen LogP contribution in [0.15, 0.2) is 115 Å². The minimum absolute atomic E-state index is 0. The van der Waals surface area contributed by atoms with Gasteiger partial charge in [-0.05, 0) is 51.5 Å². The van der Waals surface area contributed by atoms with Crippen LogP contribution < -0.4 is 13.9 Å². The van der Waals surface area contributed by atoms with Crippen molar-refractivity contribution < 1.29 is 25.8 Å². The summed E-state index contributed by atoms with van der Waals surface area (Å²) in [6, 6.07) is 46.8. The van der Waals surface area contributed by atoms with E-state index in [1.54, 1.807) is 0 Å². The van der Waals surface area contributed by atoms with E-state index >= 15 is 0 Å². The molecule has 5 aromatic carbocycles. The Morgan fingerprint density at radius 2 is 1.40 bits per heavy atom. The maximum absolute atomic E-state index is 6.81. The molecule has 53 heavy (non-hydrogen) atoms. The molecule has 7 aromatic rings. The van der Waals surface area contributed by atoms with Crippen molar-refractivity contribution in [3.63, 3.8) is 0 Å². The van der Waals surface area contributed by atoms with Crippen molar-refractivity contribution in [2.45, 2.75) is 72.1 Å². The zero-order valence-electron chi connectivity index (χ0n) is 31.6. The molecule has 0 saturated carbocycles. The molecular weight excluding hydrogens is 832 g/mol. The number of ether oxygens (including phenoxy) is 1. The van der Waals surface area contributed by atoms with E-state index in [0.29, 0.717) is 26.6 Å². The molecule has 5 nitrogen and oxygen atoms in total. The Morgan fingerprint density at radius 1 is 0.679 bits per heavy atom. The molecule has 2 aliphatic heterocycles. The molecule has 270 valence electrons. The Kier molecular flexibility index (Phi) is 8.20. The third-order valence-electron chi connectivity index (χ3n) is 11.0. The molecule has 2 atom stereocenters. The molecule has 9 rings (SSSR count). The average molecular weight is 877 g/mol. The van der Waals surface area contributed by atoms with Crippen molar-refractivity contribution in [1.29, 1.82) is 0 Å². The Morgan fingerprint density at radius 3 is 2.13 bits per heavy atom. The van der Waals surface area contributed by atoms with E-state index in [9.17, 15) is 0 Å². The van der Waals surface area contributed by atoms with E-state index in [1.807, 2.05) is 12.3 Å². The average Bonchev–Trinajstić information content (AvgIpc) is 3.61. The first-order chi connectivity index (χ1) is 24.8. The molecule has 1 saturated heterocycles. The van der Waals surface area contributed by atoms with Crippen LogP contribution in [0.25, 0.3) is 27.6 Å². The largest absolute Gasteiger partial charge is 0.509 e. The van der Waals surface area contributed by atoms with Crippen molar-refractivity contribution in [1.82, 2.24) is 18.7 Å². The van der Waals surface area contributed by atoms with Gasteiger partial charge in [-0.25, -0.2) is 9.58 Å². The molecule has 1 fully saturated rings. The third kappa shape index (κ3) is 5.34. The van der Waals surface area contributed by atoms with Crippen molar-refractivity contribution in [3.8, 4) is 17.3 Å². The quantitative estimate of drug-likeness (QED) is 0.0945. The van der Waals surface area contributed by atoms with Gasteiger partial charge in [0.2, 0.25) is 11.4 Å². The van der Waals surface area contributed by atoms with Gasteiger partial charge in [0.1, 0.15) is 5.82 Å². The van der Waals surface area contributed by atoms with E-state index in [1.165, 1.54) is 33.8 Å². The Labute approximate surface area is 327 Å². The zero-order valence-corrected chi connectivity index (χ0v) is 33.9. The Balaban J connectivity index is 0.00000400. The minimum Gasteiger partial charge on any atom is -0.509 e. The first-order valence-electron chi connectivity index (χ1n) is 18.4. The molecule has 0 radical (unpaired) electrons. The molecule has 0 N–H and O–H groups in total. The molecule has 0 bridgehead atoms. The van der Waals surface area contributed by atoms with Crippen molar-refractivity contribution in [2.24, 2.45) is 0 Å². The van der Waals surface area contributed by atoms with E-state index in [0.717, 1.165) is 33.3 Å². The first-order valence-corrected chi connectivity index (χ1v) is 18.4. The number of benzene rings is 5. The van der Waals surface area contributed by atoms with E-state index in [-0.39, 0.29) is 31.9 Å². The second-order valence-electron chi connectivity index (χ2n) is 16.8. The monoisotopic (exact) mass is 876 g/mol. The van der Waals surface area contributed by atoms with Crippen LogP contribution >= 0.6 is 0 Å². The van der Waals surface area contributed by atoms with Crippen LogP contribution in [0, 0.1) is 18.8 Å². The molecule has 2 aromatic heterocycles. The zero-order chi connectivity index (χ0) is 36.2. The van der Waals surface area contributed by atoms with Crippen molar-refractivity contribution in [2.75, 3.05) is 0 Å². The van der Waals surface area contributed by atoms with Crippen LogP contribution in [0.5, 0.6) is 11.5 Å². The normalized spacial score (nSPS) is 19.0. The van der Waals surface area contributed by atoms with Crippen LogP contribution in [-0.4, -0.2) is 9.55 Å². The molecule has 4 heterocycles. The number of pyridine rings is 1. The van der Waals surface area contributed by atoms with Crippen LogP contribution in [-0.2, 0) is 31.9 Å². The first kappa shape index (κ1) is 35.5. The van der Waals surface area contributed by atoms with Crippen molar-refractivity contribution in [3.05, 3.63) is 151 Å². The molecule has 1 unspecified atom stereocenters. The topological polar surface area (TPSA) is 27.1 Å². The van der Waals surface area contributed by atoms with Gasteiger partial charge < -0.3 is 9.30 Å². The molecule has 6 heteroatoms. The smallest absolute Gasteiger partial charge is 0.225 e. The number of hydrogen-bond acceptors (Lipinski definition) is 2. The summed E-state index contributed by atoms with van der Waals surface area (Å²) in [6.45, 7) is 20.4. The summed E-state index contributed by atoms with van der Waals surface area (Å²) in [6.07, 6.45) is 1.91. The molecular formula is C47H45N4OPt-. The van der Waals surface area contributed by atoms with Gasteiger partial charge in [-0.3, -0.25) is 0 Å². The predicted octanol–water partition coefficient (Wildman–Crippen LogP) is 12.6. The number of aromatic nitrogens is 2. The number of fused-ring (bicyclic) bond motifs is 7. The maximum Gasteiger partial charge on any atom is 0.225 e. The summed E-state index contributed by atoms with van der Waals surface area (Å²) < 4.78 is 10.2. The van der Waals surface area contributed by atoms with Crippen LogP contribution in [0.2, 0.25) is 0 Å². The molecule has 2 aliphatic rings. The number of quaternary nitrogens is 2. The van der Waals surface area contributed by atoms with Gasteiger partial charge in [0.25, 0.3) is 0 Å². The number of nitrogens with zero attached hydrogens (tertiary/aromatic N) is 4. The van der Waals surface area contributed by atoms with Crippen LogP contribution in [0.1, 0.15) is 78.0 Å². The summed E-state index contributed by atoms with van der Waals surface area (Å²) in [5.74, 6) is 2.63. The van der Waals surface area contributed by atoms with E-state index in [4.69, 9.17) is 9.72 Å². The van der Waals surface area contributed by atoms with Crippen LogP contribution in [0.3, 0.4) is 0 Å². The third-order valence-corrected chi connectivity index (χ3v) is 11.0. The maximum atomic E-state index is 6.81. The van der Waals surface area contributed by atoms with Gasteiger partial charge in [0, 0.05) is 68.5 Å². The molecule has 0 aliphatic carbocycles. The van der Waals surface area contributed by atoms with Gasteiger partial charge in [0.05, 0.1) is 5.69 Å². The summed E-state index contributed by atoms with van der Waals surface area (Å²) in [7, 11) is 0. The summed E-state index contributed by atoms with van der Waals surface area (Å²) in [5, 5.41) is 2.27. The van der Waals surface area contributed by atoms with Gasteiger partial charge >= 0.3 is 0 Å². The fourth-order valence-electron chi connectivity index (χ4n) is 8.02. The molecule has 0 spiro atoms. The number of para-hydroxylation sites is 3. The Hall–Kier alpha value is -4.54. The van der Waals surface area contributed by atoms with Gasteiger partial charge in [-0.1, -0.05) is 109 Å². The standard InChI is InChI=1S/C47H45N4O.Pt/c1-31(2)32-14-13-15-35(24-32)50-30-51(50,44-19-12-11-18-43(44)50)36-25-34(47(6,7)8)26-38(28-36)52-37-20-21-40-39-16-9-10-17-41(39)49(42(40)29-37)45-27-33(22-23-48-45)46(3,4)5;/h9-27,30-31H,1-8H3;/q-1;/t50?,51-;/m1./s1. The molecule has 0 amide bonds. The fraction of sp³-hybridized carbons (Fsp3) is 0.234. The predicted molar refractivity (Wildman–Crippen MR) is 214 cm³/mol. The van der Waals surface area contributed by atoms with Gasteiger partial charge in [0.15, 0.2) is 12.4 Å². The summed E-state index contributed by atoms with van der Waals surface area (Å²) in [4.78, 5) is 4.86. The van der Waals surface area contributed by atoms with Crippen molar-refractivity contribution >= 4 is 44.6 Å². The second-order valence-corrected chi connectivity index (χ2v) is 16.8. The van der Waals surface area contributed by atoms with Gasteiger partial charge in [-0.2, -0.15) is 10.7 Å². The SMILES string of the molecule is CC(C)c1cccc([N+]23[CH-][N@@+]2(c2[c-]c(Oc4[c-]c5c(cc4)c4ccccc4n5-c4cc(C(C)(C)C)ccn4)cc(C(C)(C)C)c2)c2ccccc23)c1.[Pt]. The van der Waals surface area contributed by atoms with Gasteiger partial charge in [-0.15, -0.1) is 35.2 Å². The minimum atomic E-state index is -0.113. The summed E-state index contributed by atoms with van der Waals surface area (Å²) >= 11 is 0. The van der Waals surface area contributed by atoms with Crippen LogP contribution in [0.4, 0.5) is 22.7 Å².